The van der Waals surface area contributed by atoms with Crippen LogP contribution < -0.4 is 10.6 Å². The van der Waals surface area contributed by atoms with Crippen molar-refractivity contribution in [3.05, 3.63) is 5.82 Å². The van der Waals surface area contributed by atoms with Crippen molar-refractivity contribution in [1.82, 2.24) is 25.4 Å². The van der Waals surface area contributed by atoms with Gasteiger partial charge in [0.25, 0.3) is 0 Å². The predicted molar refractivity (Wildman–Crippen MR) is 122 cm³/mol. The number of hydrogen-bond donors (Lipinski definition) is 2. The van der Waals surface area contributed by atoms with Gasteiger partial charge in [-0.15, -0.1) is 34.2 Å². The van der Waals surface area contributed by atoms with E-state index in [-0.39, 0.29) is 24.0 Å². The fraction of sp³-hybridized carbons (Fsp3) is 0.833. The lowest BCUT2D eigenvalue weighted by atomic mass is 10.2. The highest BCUT2D eigenvalue weighted by atomic mass is 127. The zero-order chi connectivity index (χ0) is 17.9. The third-order valence-corrected chi connectivity index (χ3v) is 5.42. The van der Waals surface area contributed by atoms with Crippen LogP contribution in [0.15, 0.2) is 10.1 Å². The molecule has 0 atom stereocenters. The van der Waals surface area contributed by atoms with E-state index in [0.717, 1.165) is 42.9 Å². The summed E-state index contributed by atoms with van der Waals surface area (Å²) in [5.41, 5.74) is 0. The summed E-state index contributed by atoms with van der Waals surface area (Å²) in [6.07, 6.45) is 13.0. The van der Waals surface area contributed by atoms with Crippen LogP contribution in [0.5, 0.6) is 0 Å². The molecule has 0 unspecified atom stereocenters. The topological polar surface area (TPSA) is 67.1 Å². The molecule has 0 spiro atoms. The fourth-order valence-electron chi connectivity index (χ4n) is 3.40. The first-order valence-electron chi connectivity index (χ1n) is 9.72. The molecule has 1 fully saturated rings. The Morgan fingerprint density at radius 1 is 1.15 bits per heavy atom. The van der Waals surface area contributed by atoms with Crippen LogP contribution in [0.4, 0.5) is 0 Å². The van der Waals surface area contributed by atoms with Crippen LogP contribution in [0.1, 0.15) is 70.2 Å². The first-order valence-corrected chi connectivity index (χ1v) is 10.9. The van der Waals surface area contributed by atoms with Crippen LogP contribution in [-0.4, -0.2) is 47.1 Å². The number of nitrogens with one attached hydrogen (secondary N) is 2. The Morgan fingerprint density at radius 2 is 1.85 bits per heavy atom. The van der Waals surface area contributed by atoms with E-state index >= 15 is 0 Å². The maximum absolute atomic E-state index is 4.46. The second kappa shape index (κ2) is 13.6. The van der Waals surface area contributed by atoms with Gasteiger partial charge in [0.15, 0.2) is 11.1 Å². The smallest absolute Gasteiger partial charge is 0.191 e. The summed E-state index contributed by atoms with van der Waals surface area (Å²) >= 11 is 1.71. The van der Waals surface area contributed by atoms with E-state index in [1.165, 1.54) is 44.9 Å². The van der Waals surface area contributed by atoms with Gasteiger partial charge in [-0.2, -0.15) is 0 Å². The molecule has 0 radical (unpaired) electrons. The summed E-state index contributed by atoms with van der Waals surface area (Å²) in [5.74, 6) is 2.04. The SMILES string of the molecule is CCCCCNC(=NC)NCCCc1nnc(SC)n1C1CCCC1.I. The number of guanidine groups is 1. The highest BCUT2D eigenvalue weighted by Gasteiger charge is 2.23. The van der Waals surface area contributed by atoms with E-state index in [1.807, 2.05) is 7.05 Å². The van der Waals surface area contributed by atoms with Gasteiger partial charge in [0.1, 0.15) is 5.82 Å². The zero-order valence-electron chi connectivity index (χ0n) is 16.5. The van der Waals surface area contributed by atoms with Crippen molar-refractivity contribution in [2.75, 3.05) is 26.4 Å². The van der Waals surface area contributed by atoms with Crippen LogP contribution >= 0.6 is 35.7 Å². The van der Waals surface area contributed by atoms with Gasteiger partial charge in [-0.25, -0.2) is 0 Å². The van der Waals surface area contributed by atoms with Crippen molar-refractivity contribution in [3.63, 3.8) is 0 Å². The van der Waals surface area contributed by atoms with Crippen LogP contribution in [0.2, 0.25) is 0 Å². The van der Waals surface area contributed by atoms with Crippen molar-refractivity contribution >= 4 is 41.7 Å². The second-order valence-electron chi connectivity index (χ2n) is 6.65. The molecule has 150 valence electrons. The molecule has 1 aromatic heterocycles. The maximum atomic E-state index is 4.46. The Balaban J connectivity index is 0.00000338. The molecule has 0 aliphatic heterocycles. The minimum Gasteiger partial charge on any atom is -0.356 e. The molecule has 1 aliphatic carbocycles. The van der Waals surface area contributed by atoms with Crippen molar-refractivity contribution in [1.29, 1.82) is 0 Å². The number of aromatic nitrogens is 3. The van der Waals surface area contributed by atoms with Crippen LogP contribution in [0.3, 0.4) is 0 Å². The minimum atomic E-state index is 0. The molecule has 1 heterocycles. The summed E-state index contributed by atoms with van der Waals surface area (Å²) in [4.78, 5) is 4.29. The van der Waals surface area contributed by atoms with E-state index in [0.29, 0.717) is 6.04 Å². The number of aryl methyl sites for hydroxylation is 1. The average Bonchev–Trinajstić information content (AvgIpc) is 3.29. The van der Waals surface area contributed by atoms with Gasteiger partial charge in [-0.1, -0.05) is 44.4 Å². The van der Waals surface area contributed by atoms with Gasteiger partial charge >= 0.3 is 0 Å². The lowest BCUT2D eigenvalue weighted by Gasteiger charge is -2.16. The van der Waals surface area contributed by atoms with Gasteiger partial charge in [0.2, 0.25) is 0 Å². The van der Waals surface area contributed by atoms with Gasteiger partial charge in [0, 0.05) is 32.6 Å². The number of hydrogen-bond acceptors (Lipinski definition) is 4. The van der Waals surface area contributed by atoms with E-state index in [4.69, 9.17) is 0 Å². The lowest BCUT2D eigenvalue weighted by molar-refractivity contribution is 0.460. The van der Waals surface area contributed by atoms with Crippen molar-refractivity contribution in [2.45, 2.75) is 75.9 Å². The Bertz CT molecular complexity index is 528. The minimum absolute atomic E-state index is 0. The highest BCUT2D eigenvalue weighted by Crippen LogP contribution is 2.33. The molecule has 1 saturated carbocycles. The number of aliphatic imine (C=N–C) groups is 1. The van der Waals surface area contributed by atoms with Gasteiger partial charge in [-0.3, -0.25) is 4.99 Å². The molecular formula is C18H35IN6S. The number of rotatable bonds is 10. The van der Waals surface area contributed by atoms with Crippen molar-refractivity contribution in [3.8, 4) is 0 Å². The molecule has 2 N–H and O–H groups in total. The van der Waals surface area contributed by atoms with E-state index < -0.39 is 0 Å². The first-order chi connectivity index (χ1) is 12.3. The first kappa shape index (κ1) is 23.5. The predicted octanol–water partition coefficient (Wildman–Crippen LogP) is 4.02. The fourth-order valence-corrected chi connectivity index (χ4v) is 3.98. The standard InChI is InChI=1S/C18H34N6S.HI/c1-4-5-8-13-20-17(19-2)21-14-9-12-16-22-23-18(25-3)24(16)15-10-6-7-11-15;/h15H,4-14H2,1-3H3,(H2,19,20,21);1H. The van der Waals surface area contributed by atoms with Gasteiger partial charge in [-0.05, 0) is 31.9 Å². The summed E-state index contributed by atoms with van der Waals surface area (Å²) in [6, 6.07) is 0.605. The van der Waals surface area contributed by atoms with E-state index in [2.05, 4.69) is 43.6 Å². The Hall–Kier alpha value is -0.510. The highest BCUT2D eigenvalue weighted by molar-refractivity contribution is 14.0. The number of unbranched alkanes of at least 4 members (excludes halogenated alkanes) is 2. The maximum Gasteiger partial charge on any atom is 0.191 e. The monoisotopic (exact) mass is 494 g/mol. The molecule has 0 bridgehead atoms. The summed E-state index contributed by atoms with van der Waals surface area (Å²) < 4.78 is 2.40. The third kappa shape index (κ3) is 7.25. The van der Waals surface area contributed by atoms with Crippen molar-refractivity contribution in [2.24, 2.45) is 4.99 Å². The summed E-state index contributed by atoms with van der Waals surface area (Å²) in [5, 5.41) is 16.7. The molecule has 0 aromatic carbocycles. The number of thioether (sulfide) groups is 1. The molecule has 8 heteroatoms. The Labute approximate surface area is 179 Å². The van der Waals surface area contributed by atoms with Gasteiger partial charge < -0.3 is 15.2 Å². The molecule has 2 rings (SSSR count). The van der Waals surface area contributed by atoms with Gasteiger partial charge in [0.05, 0.1) is 0 Å². The molecule has 6 nitrogen and oxygen atoms in total. The largest absolute Gasteiger partial charge is 0.356 e. The summed E-state index contributed by atoms with van der Waals surface area (Å²) in [6.45, 7) is 4.11. The van der Waals surface area contributed by atoms with Crippen molar-refractivity contribution < 1.29 is 0 Å². The third-order valence-electron chi connectivity index (χ3n) is 4.77. The Morgan fingerprint density at radius 3 is 2.46 bits per heavy atom. The van der Waals surface area contributed by atoms with E-state index in [9.17, 15) is 0 Å². The number of halogens is 1. The lowest BCUT2D eigenvalue weighted by Crippen LogP contribution is -2.38. The molecule has 0 amide bonds. The normalized spacial score (nSPS) is 15.1. The second-order valence-corrected chi connectivity index (χ2v) is 7.42. The average molecular weight is 494 g/mol. The number of nitrogens with zero attached hydrogens (tertiary/aromatic N) is 4. The van der Waals surface area contributed by atoms with E-state index in [1.54, 1.807) is 11.8 Å². The summed E-state index contributed by atoms with van der Waals surface area (Å²) in [7, 11) is 1.83. The zero-order valence-corrected chi connectivity index (χ0v) is 19.6. The molecule has 0 saturated heterocycles. The van der Waals surface area contributed by atoms with Crippen LogP contribution in [0, 0.1) is 0 Å². The Kier molecular flexibility index (Phi) is 12.3. The van der Waals surface area contributed by atoms with Crippen LogP contribution in [0.25, 0.3) is 0 Å². The molecule has 1 aromatic rings. The van der Waals surface area contributed by atoms with Crippen LogP contribution in [-0.2, 0) is 6.42 Å². The molecular weight excluding hydrogens is 459 g/mol. The quantitative estimate of drug-likeness (QED) is 0.169. The molecule has 26 heavy (non-hydrogen) atoms. The molecule has 1 aliphatic rings.